The molecule has 1 aromatic rings. The van der Waals surface area contributed by atoms with Crippen LogP contribution in [0.15, 0.2) is 30.3 Å². The van der Waals surface area contributed by atoms with E-state index in [1.165, 1.54) is 5.56 Å². The second-order valence-electron chi connectivity index (χ2n) is 8.84. The second-order valence-corrected chi connectivity index (χ2v) is 8.84. The van der Waals surface area contributed by atoms with Crippen molar-refractivity contribution in [2.24, 2.45) is 11.8 Å². The fourth-order valence-corrected chi connectivity index (χ4v) is 4.72. The van der Waals surface area contributed by atoms with Crippen molar-refractivity contribution in [1.29, 1.82) is 0 Å². The first-order valence-corrected chi connectivity index (χ1v) is 11.1. The summed E-state index contributed by atoms with van der Waals surface area (Å²) < 4.78 is 5.43. The summed E-state index contributed by atoms with van der Waals surface area (Å²) >= 11 is 0. The van der Waals surface area contributed by atoms with Gasteiger partial charge in [-0.2, -0.15) is 0 Å². The molecule has 0 aromatic heterocycles. The lowest BCUT2D eigenvalue weighted by molar-refractivity contribution is -0.149. The molecule has 3 atom stereocenters. The molecule has 8 nitrogen and oxygen atoms in total. The Balaban J connectivity index is 1.59. The molecule has 31 heavy (non-hydrogen) atoms. The number of nitrogens with one attached hydrogen (secondary N) is 2. The first-order chi connectivity index (χ1) is 14.9. The third-order valence-electron chi connectivity index (χ3n) is 6.32. The predicted octanol–water partition coefficient (Wildman–Crippen LogP) is 2.82. The van der Waals surface area contributed by atoms with Gasteiger partial charge in [0.25, 0.3) is 0 Å². The van der Waals surface area contributed by atoms with Crippen molar-refractivity contribution in [1.82, 2.24) is 15.7 Å². The number of hydrogen-bond acceptors (Lipinski definition) is 5. The summed E-state index contributed by atoms with van der Waals surface area (Å²) in [4.78, 5) is 39.3. The number of amides is 3. The van der Waals surface area contributed by atoms with Crippen molar-refractivity contribution in [3.05, 3.63) is 35.9 Å². The smallest absolute Gasteiger partial charge is 0.407 e. The van der Waals surface area contributed by atoms with Crippen molar-refractivity contribution in [2.45, 2.75) is 64.0 Å². The highest BCUT2D eigenvalue weighted by Crippen LogP contribution is 2.35. The van der Waals surface area contributed by atoms with Crippen LogP contribution in [0.3, 0.4) is 0 Å². The van der Waals surface area contributed by atoms with E-state index in [9.17, 15) is 19.6 Å². The van der Waals surface area contributed by atoms with E-state index in [1.54, 1.807) is 5.48 Å². The molecule has 2 aliphatic rings. The molecule has 2 fully saturated rings. The molecule has 0 spiro atoms. The minimum Gasteiger partial charge on any atom is -0.446 e. The van der Waals surface area contributed by atoms with Crippen molar-refractivity contribution in [2.75, 3.05) is 13.1 Å². The van der Waals surface area contributed by atoms with E-state index in [0.29, 0.717) is 31.8 Å². The zero-order valence-corrected chi connectivity index (χ0v) is 18.3. The number of alkyl carbamates (subject to hydrolysis) is 1. The summed E-state index contributed by atoms with van der Waals surface area (Å²) in [7, 11) is 0. The van der Waals surface area contributed by atoms with Crippen molar-refractivity contribution >= 4 is 17.9 Å². The number of likely N-dealkylation sites (tertiary alicyclic amines) is 1. The van der Waals surface area contributed by atoms with Gasteiger partial charge in [-0.05, 0) is 57.4 Å². The molecule has 1 aliphatic carbocycles. The molecule has 8 heteroatoms. The molecule has 0 bridgehead atoms. The Morgan fingerprint density at radius 1 is 1.03 bits per heavy atom. The van der Waals surface area contributed by atoms with Crippen molar-refractivity contribution in [3.63, 3.8) is 0 Å². The van der Waals surface area contributed by atoms with Gasteiger partial charge in [0, 0.05) is 19.1 Å². The Labute approximate surface area is 183 Å². The zero-order valence-electron chi connectivity index (χ0n) is 18.3. The third-order valence-corrected chi connectivity index (χ3v) is 6.32. The summed E-state index contributed by atoms with van der Waals surface area (Å²) in [6.45, 7) is 4.97. The Hall–Kier alpha value is -2.61. The fourth-order valence-electron chi connectivity index (χ4n) is 4.72. The van der Waals surface area contributed by atoms with Gasteiger partial charge in [-0.1, -0.05) is 30.3 Å². The molecular weight excluding hydrogens is 398 g/mol. The van der Waals surface area contributed by atoms with E-state index in [2.05, 4.69) is 17.4 Å². The molecule has 1 heterocycles. The number of carbonyl (C=O) groups excluding carboxylic acids is 3. The third kappa shape index (κ3) is 5.97. The molecule has 3 rings (SSSR count). The maximum Gasteiger partial charge on any atom is 0.407 e. The predicted molar refractivity (Wildman–Crippen MR) is 114 cm³/mol. The number of carbonyl (C=O) groups is 3. The largest absolute Gasteiger partial charge is 0.446 e. The zero-order chi connectivity index (χ0) is 22.4. The minimum atomic E-state index is -0.727. The summed E-state index contributed by atoms with van der Waals surface area (Å²) in [6, 6.07) is 10.3. The van der Waals surface area contributed by atoms with E-state index >= 15 is 0 Å². The normalized spacial score (nSPS) is 24.5. The number of piperidine rings is 1. The standard InChI is InChI=1S/C23H33N3O5/c1-15(2)24-23(29)31-18-8-9-19(20(14-18)21(27)25-30)22(28)26-12-10-17(11-13-26)16-6-4-3-5-7-16/h3-7,15,17-20,30H,8-14H2,1-2H3,(H,24,29)(H,25,27)/t18-,19+,20+/m1/s1. The fraction of sp³-hybridized carbons (Fsp3) is 0.609. The molecule has 0 radical (unpaired) electrons. The Morgan fingerprint density at radius 2 is 1.71 bits per heavy atom. The summed E-state index contributed by atoms with van der Waals surface area (Å²) in [5.74, 6) is -1.46. The molecule has 3 N–H and O–H groups in total. The van der Waals surface area contributed by atoms with Crippen LogP contribution in [-0.2, 0) is 14.3 Å². The van der Waals surface area contributed by atoms with E-state index in [-0.39, 0.29) is 18.4 Å². The Kier molecular flexibility index (Phi) is 7.90. The van der Waals surface area contributed by atoms with Crippen LogP contribution in [0.2, 0.25) is 0 Å². The van der Waals surface area contributed by atoms with Crippen LogP contribution in [0.25, 0.3) is 0 Å². The molecular formula is C23H33N3O5. The molecule has 0 unspecified atom stereocenters. The van der Waals surface area contributed by atoms with Crippen molar-refractivity contribution in [3.8, 4) is 0 Å². The Bertz CT molecular complexity index is 762. The highest BCUT2D eigenvalue weighted by molar-refractivity contribution is 5.87. The van der Waals surface area contributed by atoms with Gasteiger partial charge in [0.2, 0.25) is 11.8 Å². The lowest BCUT2D eigenvalue weighted by Gasteiger charge is -2.39. The highest BCUT2D eigenvalue weighted by atomic mass is 16.6. The highest BCUT2D eigenvalue weighted by Gasteiger charge is 2.42. The van der Waals surface area contributed by atoms with Gasteiger partial charge in [-0.15, -0.1) is 0 Å². The molecule has 1 saturated carbocycles. The molecule has 1 aliphatic heterocycles. The monoisotopic (exact) mass is 431 g/mol. The summed E-state index contributed by atoms with van der Waals surface area (Å²) in [5.41, 5.74) is 2.99. The number of nitrogens with zero attached hydrogens (tertiary/aromatic N) is 1. The van der Waals surface area contributed by atoms with Crippen LogP contribution >= 0.6 is 0 Å². The first-order valence-electron chi connectivity index (χ1n) is 11.1. The average Bonchev–Trinajstić information content (AvgIpc) is 2.78. The van der Waals surface area contributed by atoms with E-state index in [4.69, 9.17) is 4.74 Å². The van der Waals surface area contributed by atoms with Gasteiger partial charge in [-0.3, -0.25) is 14.8 Å². The van der Waals surface area contributed by atoms with Crippen LogP contribution < -0.4 is 10.8 Å². The SMILES string of the molecule is CC(C)NC(=O)O[C@@H]1CC[C@H](C(=O)N2CCC(c3ccccc3)CC2)[C@@H](C(=O)NO)C1. The van der Waals surface area contributed by atoms with Crippen LogP contribution in [0.5, 0.6) is 0 Å². The Morgan fingerprint density at radius 3 is 2.32 bits per heavy atom. The van der Waals surface area contributed by atoms with Gasteiger partial charge >= 0.3 is 6.09 Å². The molecule has 1 saturated heterocycles. The van der Waals surface area contributed by atoms with E-state index < -0.39 is 29.9 Å². The van der Waals surface area contributed by atoms with Gasteiger partial charge in [0.1, 0.15) is 6.10 Å². The number of ether oxygens (including phenoxy) is 1. The molecule has 1 aromatic carbocycles. The molecule has 170 valence electrons. The van der Waals surface area contributed by atoms with E-state index in [1.807, 2.05) is 36.9 Å². The lowest BCUT2D eigenvalue weighted by atomic mass is 9.76. The van der Waals surface area contributed by atoms with Crippen molar-refractivity contribution < 1.29 is 24.3 Å². The van der Waals surface area contributed by atoms with E-state index in [0.717, 1.165) is 12.8 Å². The number of benzene rings is 1. The summed E-state index contributed by atoms with van der Waals surface area (Å²) in [6.07, 6.45) is 1.95. The number of rotatable bonds is 5. The first kappa shape index (κ1) is 23.1. The quantitative estimate of drug-likeness (QED) is 0.491. The number of hydroxylamine groups is 1. The van der Waals surface area contributed by atoms with Crippen LogP contribution in [-0.4, -0.2) is 53.3 Å². The van der Waals surface area contributed by atoms with Gasteiger partial charge < -0.3 is 15.0 Å². The maximum atomic E-state index is 13.2. The van der Waals surface area contributed by atoms with Gasteiger partial charge in [-0.25, -0.2) is 10.3 Å². The van der Waals surface area contributed by atoms with Gasteiger partial charge in [0.15, 0.2) is 0 Å². The van der Waals surface area contributed by atoms with Gasteiger partial charge in [0.05, 0.1) is 11.8 Å². The second kappa shape index (κ2) is 10.6. The summed E-state index contributed by atoms with van der Waals surface area (Å²) in [5, 5.41) is 11.9. The average molecular weight is 432 g/mol. The minimum absolute atomic E-state index is 0.0507. The van der Waals surface area contributed by atoms with Crippen LogP contribution in [0.1, 0.15) is 57.4 Å². The van der Waals surface area contributed by atoms with Crippen LogP contribution in [0, 0.1) is 11.8 Å². The lowest BCUT2D eigenvalue weighted by Crippen LogP contribution is -2.49. The maximum absolute atomic E-state index is 13.2. The number of hydrogen-bond donors (Lipinski definition) is 3. The molecule has 3 amide bonds. The topological polar surface area (TPSA) is 108 Å². The van der Waals surface area contributed by atoms with Crippen LogP contribution in [0.4, 0.5) is 4.79 Å².